The lowest BCUT2D eigenvalue weighted by atomic mass is 10.0. The smallest absolute Gasteiger partial charge is 0.195 e. The van der Waals surface area contributed by atoms with Crippen molar-refractivity contribution in [3.05, 3.63) is 35.9 Å². The number of nitrogens with zero attached hydrogens (tertiary/aromatic N) is 1. The molecule has 1 aromatic carbocycles. The van der Waals surface area contributed by atoms with Gasteiger partial charge in [0.25, 0.3) is 10.2 Å². The highest BCUT2D eigenvalue weighted by Gasteiger charge is 2.29. The molecule has 2 rings (SSSR count). The minimum Gasteiger partial charge on any atom is -0.195 e. The van der Waals surface area contributed by atoms with Gasteiger partial charge in [-0.15, -0.1) is 0 Å². The van der Waals surface area contributed by atoms with Gasteiger partial charge in [-0.3, -0.25) is 0 Å². The summed E-state index contributed by atoms with van der Waals surface area (Å²) in [4.78, 5) is 0. The number of nitrogens with one attached hydrogen (secondary N) is 1. The van der Waals surface area contributed by atoms with Gasteiger partial charge in [-0.1, -0.05) is 53.2 Å². The summed E-state index contributed by atoms with van der Waals surface area (Å²) in [5, 5.41) is 0.555. The molecule has 1 fully saturated rings. The summed E-state index contributed by atoms with van der Waals surface area (Å²) in [6.45, 7) is 3.32. The van der Waals surface area contributed by atoms with Crippen molar-refractivity contribution in [2.45, 2.75) is 25.8 Å². The van der Waals surface area contributed by atoms with Gasteiger partial charge in [0.1, 0.15) is 0 Å². The summed E-state index contributed by atoms with van der Waals surface area (Å²) in [6.07, 6.45) is 2.04. The molecule has 6 heteroatoms. The van der Waals surface area contributed by atoms with Crippen molar-refractivity contribution in [1.82, 2.24) is 9.03 Å². The van der Waals surface area contributed by atoms with E-state index in [2.05, 4.69) is 27.6 Å². The van der Waals surface area contributed by atoms with Crippen LogP contribution in [0.3, 0.4) is 0 Å². The van der Waals surface area contributed by atoms with Crippen LogP contribution in [0.2, 0.25) is 0 Å². The minimum absolute atomic E-state index is 0.238. The molecule has 0 bridgehead atoms. The highest BCUT2D eigenvalue weighted by atomic mass is 79.9. The standard InChI is InChI=1S/C14H21BrN2O2S/c1-12-6-5-9-17(11-12)20(18,19)16-14(10-15)13-7-3-2-4-8-13/h2-4,7-8,12,14,16H,5-6,9-11H2,1H3. The van der Waals surface area contributed by atoms with E-state index in [-0.39, 0.29) is 6.04 Å². The van der Waals surface area contributed by atoms with E-state index in [4.69, 9.17) is 0 Å². The third-order valence-electron chi connectivity index (χ3n) is 3.61. The molecule has 0 radical (unpaired) electrons. The lowest BCUT2D eigenvalue weighted by Crippen LogP contribution is -2.46. The average Bonchev–Trinajstić information content (AvgIpc) is 2.46. The molecule has 0 saturated carbocycles. The fourth-order valence-corrected chi connectivity index (χ4v) is 4.79. The van der Waals surface area contributed by atoms with Gasteiger partial charge in [0.2, 0.25) is 0 Å². The SMILES string of the molecule is CC1CCCN(S(=O)(=O)NC(CBr)c2ccccc2)C1. The van der Waals surface area contributed by atoms with Gasteiger partial charge in [0, 0.05) is 18.4 Å². The van der Waals surface area contributed by atoms with Gasteiger partial charge in [-0.2, -0.15) is 17.4 Å². The minimum atomic E-state index is -3.42. The van der Waals surface area contributed by atoms with E-state index in [1.165, 1.54) is 0 Å². The number of piperidine rings is 1. The fraction of sp³-hybridized carbons (Fsp3) is 0.571. The van der Waals surface area contributed by atoms with Crippen molar-refractivity contribution < 1.29 is 8.42 Å². The molecule has 0 aliphatic carbocycles. The lowest BCUT2D eigenvalue weighted by Gasteiger charge is -2.31. The maximum absolute atomic E-state index is 12.5. The monoisotopic (exact) mass is 360 g/mol. The van der Waals surface area contributed by atoms with Crippen LogP contribution in [0.1, 0.15) is 31.4 Å². The maximum Gasteiger partial charge on any atom is 0.280 e. The molecule has 1 aromatic rings. The second-order valence-corrected chi connectivity index (χ2v) is 7.70. The van der Waals surface area contributed by atoms with Crippen LogP contribution in [0.5, 0.6) is 0 Å². The molecule has 20 heavy (non-hydrogen) atoms. The van der Waals surface area contributed by atoms with E-state index in [9.17, 15) is 8.42 Å². The number of hydrogen-bond acceptors (Lipinski definition) is 2. The van der Waals surface area contributed by atoms with Crippen molar-refractivity contribution in [2.24, 2.45) is 5.92 Å². The van der Waals surface area contributed by atoms with Crippen LogP contribution in [0, 0.1) is 5.92 Å². The molecule has 1 N–H and O–H groups in total. The predicted octanol–water partition coefficient (Wildman–Crippen LogP) is 2.69. The van der Waals surface area contributed by atoms with Crippen molar-refractivity contribution >= 4 is 26.1 Å². The van der Waals surface area contributed by atoms with E-state index in [0.717, 1.165) is 18.4 Å². The van der Waals surface area contributed by atoms with Crippen molar-refractivity contribution in [3.8, 4) is 0 Å². The molecule has 1 aliphatic heterocycles. The summed E-state index contributed by atoms with van der Waals surface area (Å²) in [5.74, 6) is 0.430. The van der Waals surface area contributed by atoms with Crippen LogP contribution in [0.25, 0.3) is 0 Å². The van der Waals surface area contributed by atoms with Gasteiger partial charge < -0.3 is 0 Å². The zero-order valence-electron chi connectivity index (χ0n) is 11.6. The predicted molar refractivity (Wildman–Crippen MR) is 85.0 cm³/mol. The number of benzene rings is 1. The first-order valence-electron chi connectivity index (χ1n) is 6.91. The van der Waals surface area contributed by atoms with E-state index in [1.54, 1.807) is 4.31 Å². The summed E-state index contributed by atoms with van der Waals surface area (Å²) >= 11 is 3.40. The number of rotatable bonds is 5. The third-order valence-corrected chi connectivity index (χ3v) is 5.85. The summed E-state index contributed by atoms with van der Waals surface area (Å²) in [6, 6.07) is 9.40. The van der Waals surface area contributed by atoms with Crippen LogP contribution in [0.4, 0.5) is 0 Å². The largest absolute Gasteiger partial charge is 0.280 e. The Morgan fingerprint density at radius 3 is 2.70 bits per heavy atom. The molecule has 4 nitrogen and oxygen atoms in total. The third kappa shape index (κ3) is 4.04. The topological polar surface area (TPSA) is 49.4 Å². The molecule has 0 spiro atoms. The van der Waals surface area contributed by atoms with Crippen molar-refractivity contribution in [1.29, 1.82) is 0 Å². The Hall–Kier alpha value is -0.430. The Labute approximate surface area is 129 Å². The molecule has 0 amide bonds. The Morgan fingerprint density at radius 2 is 2.10 bits per heavy atom. The van der Waals surface area contributed by atoms with E-state index in [0.29, 0.717) is 24.3 Å². The second kappa shape index (κ2) is 7.02. The summed E-state index contributed by atoms with van der Waals surface area (Å²) < 4.78 is 29.3. The first-order valence-corrected chi connectivity index (χ1v) is 9.47. The van der Waals surface area contributed by atoms with E-state index >= 15 is 0 Å². The molecule has 1 aliphatic rings. The molecule has 2 atom stereocenters. The highest BCUT2D eigenvalue weighted by Crippen LogP contribution is 2.21. The number of hydrogen-bond donors (Lipinski definition) is 1. The Bertz CT molecular complexity index is 521. The Morgan fingerprint density at radius 1 is 1.40 bits per heavy atom. The van der Waals surface area contributed by atoms with Crippen molar-refractivity contribution in [2.75, 3.05) is 18.4 Å². The van der Waals surface area contributed by atoms with Crippen LogP contribution in [-0.2, 0) is 10.2 Å². The van der Waals surface area contributed by atoms with Gasteiger partial charge >= 0.3 is 0 Å². The Kier molecular flexibility index (Phi) is 5.60. The van der Waals surface area contributed by atoms with Crippen LogP contribution in [0.15, 0.2) is 30.3 Å². The lowest BCUT2D eigenvalue weighted by molar-refractivity contribution is 0.277. The molecule has 1 saturated heterocycles. The first kappa shape index (κ1) is 15.9. The highest BCUT2D eigenvalue weighted by molar-refractivity contribution is 9.09. The summed E-state index contributed by atoms with van der Waals surface area (Å²) in [5.41, 5.74) is 0.970. The number of alkyl halides is 1. The maximum atomic E-state index is 12.5. The van der Waals surface area contributed by atoms with E-state index < -0.39 is 10.2 Å². The van der Waals surface area contributed by atoms with Crippen LogP contribution in [-0.4, -0.2) is 31.1 Å². The van der Waals surface area contributed by atoms with Crippen molar-refractivity contribution in [3.63, 3.8) is 0 Å². The van der Waals surface area contributed by atoms with Gasteiger partial charge in [-0.05, 0) is 24.3 Å². The Balaban J connectivity index is 2.10. The normalized spacial score (nSPS) is 22.6. The second-order valence-electron chi connectivity index (χ2n) is 5.35. The van der Waals surface area contributed by atoms with Gasteiger partial charge in [-0.25, -0.2) is 0 Å². The molecular formula is C14H21BrN2O2S. The van der Waals surface area contributed by atoms with E-state index in [1.807, 2.05) is 30.3 Å². The zero-order valence-corrected chi connectivity index (χ0v) is 14.0. The fourth-order valence-electron chi connectivity index (χ4n) is 2.49. The molecule has 1 heterocycles. The summed E-state index contributed by atoms with van der Waals surface area (Å²) in [7, 11) is -3.42. The molecule has 112 valence electrons. The quantitative estimate of drug-likeness (QED) is 0.820. The van der Waals surface area contributed by atoms with Crippen LogP contribution >= 0.6 is 15.9 Å². The van der Waals surface area contributed by atoms with Gasteiger partial charge in [0.05, 0.1) is 6.04 Å². The first-order chi connectivity index (χ1) is 9.53. The number of halogens is 1. The van der Waals surface area contributed by atoms with Gasteiger partial charge in [0.15, 0.2) is 0 Å². The average molecular weight is 361 g/mol. The zero-order chi connectivity index (χ0) is 14.6. The molecule has 2 unspecified atom stereocenters. The molecule has 0 aromatic heterocycles. The van der Waals surface area contributed by atoms with Crippen LogP contribution < -0.4 is 4.72 Å². The molecular weight excluding hydrogens is 340 g/mol.